The van der Waals surface area contributed by atoms with E-state index in [4.69, 9.17) is 9.15 Å². The van der Waals surface area contributed by atoms with Crippen LogP contribution in [0.4, 0.5) is 0 Å². The lowest BCUT2D eigenvalue weighted by Crippen LogP contribution is -2.43. The van der Waals surface area contributed by atoms with Gasteiger partial charge in [-0.3, -0.25) is 9.59 Å². The summed E-state index contributed by atoms with van der Waals surface area (Å²) in [6.45, 7) is -0.208. The number of carbonyl (C=O) groups is 3. The smallest absolute Gasteiger partial charge is 0.329 e. The number of carbonyl (C=O) groups excluding carboxylic acids is 3. The lowest BCUT2D eigenvalue weighted by Gasteiger charge is -2.17. The number of hydrogen-bond donors (Lipinski definition) is 2. The molecule has 1 atom stereocenters. The third-order valence-corrected chi connectivity index (χ3v) is 4.27. The molecule has 0 saturated heterocycles. The van der Waals surface area contributed by atoms with E-state index in [1.807, 2.05) is 6.26 Å². The van der Waals surface area contributed by atoms with Gasteiger partial charge in [0.15, 0.2) is 6.61 Å². The number of amides is 2. The van der Waals surface area contributed by atoms with E-state index in [0.717, 1.165) is 0 Å². The second kappa shape index (κ2) is 11.1. The van der Waals surface area contributed by atoms with Gasteiger partial charge >= 0.3 is 5.97 Å². The largest absolute Gasteiger partial charge is 0.467 e. The Bertz CT molecular complexity index is 734. The van der Waals surface area contributed by atoms with Gasteiger partial charge in [-0.05, 0) is 42.7 Å². The zero-order valence-corrected chi connectivity index (χ0v) is 15.8. The molecule has 7 nitrogen and oxygen atoms in total. The number of rotatable bonds is 10. The molecule has 2 rings (SSSR count). The summed E-state index contributed by atoms with van der Waals surface area (Å²) in [6, 6.07) is 11.2. The number of esters is 1. The molecule has 0 saturated carbocycles. The van der Waals surface area contributed by atoms with Gasteiger partial charge in [0.2, 0.25) is 0 Å². The van der Waals surface area contributed by atoms with Crippen LogP contribution < -0.4 is 10.6 Å². The summed E-state index contributed by atoms with van der Waals surface area (Å²) >= 11 is 1.55. The zero-order chi connectivity index (χ0) is 19.5. The first-order chi connectivity index (χ1) is 13.1. The van der Waals surface area contributed by atoms with E-state index < -0.39 is 24.5 Å². The summed E-state index contributed by atoms with van der Waals surface area (Å²) in [5, 5.41) is 5.26. The summed E-state index contributed by atoms with van der Waals surface area (Å²) in [7, 11) is 0. The van der Waals surface area contributed by atoms with Gasteiger partial charge in [0.1, 0.15) is 11.8 Å². The predicted molar refractivity (Wildman–Crippen MR) is 102 cm³/mol. The van der Waals surface area contributed by atoms with Crippen molar-refractivity contribution in [2.24, 2.45) is 0 Å². The molecule has 2 N–H and O–H groups in total. The van der Waals surface area contributed by atoms with Gasteiger partial charge in [-0.1, -0.05) is 18.2 Å². The fourth-order valence-corrected chi connectivity index (χ4v) is 2.67. The van der Waals surface area contributed by atoms with Crippen LogP contribution in [0.5, 0.6) is 0 Å². The van der Waals surface area contributed by atoms with Crippen LogP contribution in [0.2, 0.25) is 0 Å². The molecule has 1 aromatic heterocycles. The highest BCUT2D eigenvalue weighted by Crippen LogP contribution is 2.06. The van der Waals surface area contributed by atoms with E-state index in [9.17, 15) is 14.4 Å². The fraction of sp³-hybridized carbons (Fsp3) is 0.316. The first kappa shape index (κ1) is 20.6. The van der Waals surface area contributed by atoms with Gasteiger partial charge in [-0.2, -0.15) is 11.8 Å². The van der Waals surface area contributed by atoms with Crippen molar-refractivity contribution >= 4 is 29.5 Å². The van der Waals surface area contributed by atoms with Crippen molar-refractivity contribution in [3.8, 4) is 0 Å². The van der Waals surface area contributed by atoms with E-state index in [2.05, 4.69) is 10.6 Å². The van der Waals surface area contributed by atoms with Crippen LogP contribution in [0.3, 0.4) is 0 Å². The number of ether oxygens (including phenoxy) is 1. The van der Waals surface area contributed by atoms with Crippen molar-refractivity contribution < 1.29 is 23.5 Å². The molecule has 0 bridgehead atoms. The Kier molecular flexibility index (Phi) is 8.44. The third-order valence-electron chi connectivity index (χ3n) is 3.62. The minimum absolute atomic E-state index is 0.212. The Labute approximate surface area is 161 Å². The highest BCUT2D eigenvalue weighted by Gasteiger charge is 2.23. The molecule has 0 spiro atoms. The maximum Gasteiger partial charge on any atom is 0.329 e. The Hall–Kier alpha value is -2.74. The van der Waals surface area contributed by atoms with Crippen molar-refractivity contribution in [3.05, 3.63) is 60.1 Å². The van der Waals surface area contributed by atoms with E-state index in [-0.39, 0.29) is 12.5 Å². The number of furan rings is 1. The first-order valence-corrected chi connectivity index (χ1v) is 9.80. The topological polar surface area (TPSA) is 97.6 Å². The summed E-state index contributed by atoms with van der Waals surface area (Å²) in [5.41, 5.74) is 0.454. The second-order valence-electron chi connectivity index (χ2n) is 5.64. The molecular weight excluding hydrogens is 368 g/mol. The van der Waals surface area contributed by atoms with Crippen LogP contribution in [0.15, 0.2) is 53.1 Å². The zero-order valence-electron chi connectivity index (χ0n) is 15.0. The monoisotopic (exact) mass is 390 g/mol. The van der Waals surface area contributed by atoms with E-state index >= 15 is 0 Å². The Morgan fingerprint density at radius 1 is 1.15 bits per heavy atom. The average molecular weight is 390 g/mol. The molecule has 0 unspecified atom stereocenters. The van der Waals surface area contributed by atoms with Gasteiger partial charge < -0.3 is 19.8 Å². The number of hydrogen-bond acceptors (Lipinski definition) is 6. The minimum atomic E-state index is -0.817. The lowest BCUT2D eigenvalue weighted by molar-refractivity contribution is -0.150. The molecule has 0 fully saturated rings. The summed E-state index contributed by atoms with van der Waals surface area (Å²) in [6.07, 6.45) is 3.82. The quantitative estimate of drug-likeness (QED) is 0.602. The van der Waals surface area contributed by atoms with Crippen LogP contribution in [-0.2, 0) is 20.9 Å². The van der Waals surface area contributed by atoms with Gasteiger partial charge in [0.25, 0.3) is 11.8 Å². The lowest BCUT2D eigenvalue weighted by atomic mass is 10.1. The molecule has 1 heterocycles. The van der Waals surface area contributed by atoms with Crippen molar-refractivity contribution in [1.29, 1.82) is 0 Å². The number of benzene rings is 1. The molecule has 2 aromatic rings. The van der Waals surface area contributed by atoms with Crippen LogP contribution in [0.25, 0.3) is 0 Å². The van der Waals surface area contributed by atoms with Gasteiger partial charge in [0, 0.05) is 5.56 Å². The molecular formula is C19H22N2O5S. The normalized spacial score (nSPS) is 11.4. The molecule has 1 aromatic carbocycles. The molecule has 2 amide bonds. The summed E-state index contributed by atoms with van der Waals surface area (Å²) in [5.74, 6) is -0.178. The fourth-order valence-electron chi connectivity index (χ4n) is 2.20. The van der Waals surface area contributed by atoms with Gasteiger partial charge in [-0.15, -0.1) is 0 Å². The van der Waals surface area contributed by atoms with Crippen molar-refractivity contribution in [1.82, 2.24) is 10.6 Å². The molecule has 27 heavy (non-hydrogen) atoms. The van der Waals surface area contributed by atoms with E-state index in [1.165, 1.54) is 6.26 Å². The standard InChI is InChI=1S/C19H22N2O5S/c1-27-11-9-16(21-18(23)14-6-3-2-4-7-14)19(24)26-13-17(22)20-12-15-8-5-10-25-15/h2-8,10,16H,9,11-13H2,1H3,(H,20,22)(H,21,23)/t16-/m1/s1. The maximum absolute atomic E-state index is 12.3. The van der Waals surface area contributed by atoms with Crippen molar-refractivity contribution in [2.45, 2.75) is 19.0 Å². The molecule has 0 aliphatic rings. The van der Waals surface area contributed by atoms with E-state index in [1.54, 1.807) is 54.2 Å². The Balaban J connectivity index is 1.83. The number of thioether (sulfide) groups is 1. The van der Waals surface area contributed by atoms with Crippen LogP contribution in [-0.4, -0.2) is 42.4 Å². The molecule has 0 radical (unpaired) electrons. The van der Waals surface area contributed by atoms with Crippen LogP contribution in [0, 0.1) is 0 Å². The highest BCUT2D eigenvalue weighted by molar-refractivity contribution is 7.98. The average Bonchev–Trinajstić information content (AvgIpc) is 3.21. The third kappa shape index (κ3) is 7.18. The maximum atomic E-state index is 12.3. The van der Waals surface area contributed by atoms with Crippen LogP contribution in [0.1, 0.15) is 22.5 Å². The van der Waals surface area contributed by atoms with Crippen LogP contribution >= 0.6 is 11.8 Å². The minimum Gasteiger partial charge on any atom is -0.467 e. The van der Waals surface area contributed by atoms with Crippen molar-refractivity contribution in [3.63, 3.8) is 0 Å². The van der Waals surface area contributed by atoms with Gasteiger partial charge in [0.05, 0.1) is 12.8 Å². The Morgan fingerprint density at radius 2 is 1.93 bits per heavy atom. The molecule has 144 valence electrons. The van der Waals surface area contributed by atoms with Gasteiger partial charge in [-0.25, -0.2) is 4.79 Å². The Morgan fingerprint density at radius 3 is 2.59 bits per heavy atom. The van der Waals surface area contributed by atoms with E-state index in [0.29, 0.717) is 23.5 Å². The SMILES string of the molecule is CSCC[C@@H](NC(=O)c1ccccc1)C(=O)OCC(=O)NCc1ccco1. The second-order valence-corrected chi connectivity index (χ2v) is 6.62. The van der Waals surface area contributed by atoms with Crippen molar-refractivity contribution in [2.75, 3.05) is 18.6 Å². The summed E-state index contributed by atoms with van der Waals surface area (Å²) < 4.78 is 10.2. The highest BCUT2D eigenvalue weighted by atomic mass is 32.2. The first-order valence-electron chi connectivity index (χ1n) is 8.40. The summed E-state index contributed by atoms with van der Waals surface area (Å²) in [4.78, 5) is 36.4. The number of nitrogens with one attached hydrogen (secondary N) is 2. The molecule has 8 heteroatoms. The predicted octanol–water partition coefficient (Wildman–Crippen LogP) is 1.99. The molecule has 0 aliphatic carbocycles. The molecule has 0 aliphatic heterocycles.